The maximum absolute atomic E-state index is 10.6. The van der Waals surface area contributed by atoms with E-state index in [1.54, 1.807) is 12.1 Å². The Bertz CT molecular complexity index is 444. The number of rotatable bonds is 5. The highest BCUT2D eigenvalue weighted by Crippen LogP contribution is 2.23. The lowest BCUT2D eigenvalue weighted by Gasteiger charge is -2.21. The van der Waals surface area contributed by atoms with E-state index in [0.29, 0.717) is 19.1 Å². The van der Waals surface area contributed by atoms with Crippen LogP contribution in [0.1, 0.15) is 18.4 Å². The zero-order valence-corrected chi connectivity index (χ0v) is 10.7. The second-order valence-electron chi connectivity index (χ2n) is 4.72. The fraction of sp³-hybridized carbons (Fsp3) is 0.538. The molecule has 2 N–H and O–H groups in total. The molecule has 1 aromatic rings. The molecule has 0 saturated carbocycles. The SMILES string of the molecule is Nc1cc(COCC2CCOCC2)ccc1[N+](=O)[O-]. The summed E-state index contributed by atoms with van der Waals surface area (Å²) < 4.78 is 10.9. The molecule has 104 valence electrons. The van der Waals surface area contributed by atoms with Crippen LogP contribution in [0, 0.1) is 16.0 Å². The fourth-order valence-electron chi connectivity index (χ4n) is 2.12. The predicted octanol–water partition coefficient (Wildman–Crippen LogP) is 2.12. The summed E-state index contributed by atoms with van der Waals surface area (Å²) in [5, 5.41) is 10.6. The van der Waals surface area contributed by atoms with E-state index in [9.17, 15) is 10.1 Å². The molecule has 2 rings (SSSR count). The molecule has 0 bridgehead atoms. The minimum absolute atomic E-state index is 0.0619. The Kier molecular flexibility index (Phi) is 4.70. The smallest absolute Gasteiger partial charge is 0.292 e. The van der Waals surface area contributed by atoms with Crippen molar-refractivity contribution in [2.45, 2.75) is 19.4 Å². The van der Waals surface area contributed by atoms with E-state index in [1.165, 1.54) is 6.07 Å². The second-order valence-corrected chi connectivity index (χ2v) is 4.72. The lowest BCUT2D eigenvalue weighted by molar-refractivity contribution is -0.383. The van der Waals surface area contributed by atoms with Crippen molar-refractivity contribution < 1.29 is 14.4 Å². The van der Waals surface area contributed by atoms with Gasteiger partial charge >= 0.3 is 0 Å². The summed E-state index contributed by atoms with van der Waals surface area (Å²) in [7, 11) is 0. The third kappa shape index (κ3) is 3.90. The predicted molar refractivity (Wildman–Crippen MR) is 70.7 cm³/mol. The number of ether oxygens (including phenoxy) is 2. The molecule has 0 unspecified atom stereocenters. The van der Waals surface area contributed by atoms with Crippen molar-refractivity contribution in [2.75, 3.05) is 25.6 Å². The lowest BCUT2D eigenvalue weighted by atomic mass is 10.0. The first kappa shape index (κ1) is 13.8. The first-order valence-electron chi connectivity index (χ1n) is 6.35. The van der Waals surface area contributed by atoms with Crippen LogP contribution in [0.4, 0.5) is 11.4 Å². The number of hydrogen-bond donors (Lipinski definition) is 1. The van der Waals surface area contributed by atoms with E-state index in [2.05, 4.69) is 0 Å². The molecule has 1 aromatic carbocycles. The Morgan fingerprint density at radius 1 is 1.42 bits per heavy atom. The van der Waals surface area contributed by atoms with Gasteiger partial charge in [-0.05, 0) is 36.5 Å². The van der Waals surface area contributed by atoms with Gasteiger partial charge in [0.15, 0.2) is 0 Å². The number of nitrogens with two attached hydrogens (primary N) is 1. The normalized spacial score (nSPS) is 16.4. The maximum Gasteiger partial charge on any atom is 0.292 e. The number of anilines is 1. The Balaban J connectivity index is 1.82. The van der Waals surface area contributed by atoms with Gasteiger partial charge in [0.05, 0.1) is 18.1 Å². The highest BCUT2D eigenvalue weighted by molar-refractivity contribution is 5.59. The largest absolute Gasteiger partial charge is 0.393 e. The number of nitro benzene ring substituents is 1. The first-order valence-corrected chi connectivity index (χ1v) is 6.35. The molecule has 6 nitrogen and oxygen atoms in total. The molecule has 0 radical (unpaired) electrons. The molecule has 0 amide bonds. The van der Waals surface area contributed by atoms with Gasteiger partial charge in [0.2, 0.25) is 0 Å². The van der Waals surface area contributed by atoms with E-state index in [1.807, 2.05) is 0 Å². The molecule has 0 aromatic heterocycles. The van der Waals surface area contributed by atoms with Gasteiger partial charge in [-0.3, -0.25) is 10.1 Å². The number of nitrogens with zero attached hydrogens (tertiary/aromatic N) is 1. The Hall–Kier alpha value is -1.66. The molecule has 1 aliphatic rings. The van der Waals surface area contributed by atoms with Gasteiger partial charge in [-0.15, -0.1) is 0 Å². The number of nitrogen functional groups attached to an aromatic ring is 1. The minimum Gasteiger partial charge on any atom is -0.393 e. The molecule has 1 saturated heterocycles. The zero-order chi connectivity index (χ0) is 13.7. The van der Waals surface area contributed by atoms with Gasteiger partial charge in [0, 0.05) is 19.3 Å². The van der Waals surface area contributed by atoms with Crippen molar-refractivity contribution in [3.8, 4) is 0 Å². The summed E-state index contributed by atoms with van der Waals surface area (Å²) in [6.45, 7) is 2.73. The molecule has 1 aliphatic heterocycles. The minimum atomic E-state index is -0.484. The van der Waals surface area contributed by atoms with Crippen LogP contribution in [0.5, 0.6) is 0 Å². The summed E-state index contributed by atoms with van der Waals surface area (Å²) in [5.41, 5.74) is 6.60. The molecule has 6 heteroatoms. The van der Waals surface area contributed by atoms with E-state index in [0.717, 1.165) is 31.6 Å². The standard InChI is InChI=1S/C13H18N2O4/c14-12-7-11(1-2-13(12)15(16)17)9-19-8-10-3-5-18-6-4-10/h1-2,7,10H,3-6,8-9,14H2. The van der Waals surface area contributed by atoms with E-state index >= 15 is 0 Å². The molecule has 0 atom stereocenters. The Labute approximate surface area is 111 Å². The zero-order valence-electron chi connectivity index (χ0n) is 10.7. The van der Waals surface area contributed by atoms with Gasteiger partial charge in [-0.2, -0.15) is 0 Å². The Morgan fingerprint density at radius 2 is 2.16 bits per heavy atom. The van der Waals surface area contributed by atoms with Crippen molar-refractivity contribution >= 4 is 11.4 Å². The van der Waals surface area contributed by atoms with Gasteiger partial charge in [0.25, 0.3) is 5.69 Å². The van der Waals surface area contributed by atoms with E-state index in [-0.39, 0.29) is 11.4 Å². The molecule has 19 heavy (non-hydrogen) atoms. The van der Waals surface area contributed by atoms with Crippen LogP contribution in [-0.4, -0.2) is 24.7 Å². The van der Waals surface area contributed by atoms with Crippen molar-refractivity contribution in [1.29, 1.82) is 0 Å². The van der Waals surface area contributed by atoms with Crippen molar-refractivity contribution in [3.05, 3.63) is 33.9 Å². The van der Waals surface area contributed by atoms with E-state index < -0.39 is 4.92 Å². The number of nitro groups is 1. The van der Waals surface area contributed by atoms with Crippen molar-refractivity contribution in [1.82, 2.24) is 0 Å². The van der Waals surface area contributed by atoms with Gasteiger partial charge in [-0.1, -0.05) is 0 Å². The van der Waals surface area contributed by atoms with Crippen molar-refractivity contribution in [2.24, 2.45) is 5.92 Å². The summed E-state index contributed by atoms with van der Waals surface area (Å²) in [6.07, 6.45) is 2.06. The van der Waals surface area contributed by atoms with Crippen LogP contribution < -0.4 is 5.73 Å². The third-order valence-corrected chi connectivity index (χ3v) is 3.25. The summed E-state index contributed by atoms with van der Waals surface area (Å²) in [5.74, 6) is 0.546. The molecular formula is C13H18N2O4. The van der Waals surface area contributed by atoms with Crippen LogP contribution >= 0.6 is 0 Å². The quantitative estimate of drug-likeness (QED) is 0.501. The molecule has 1 fully saturated rings. The molecule has 0 spiro atoms. The van der Waals surface area contributed by atoms with E-state index in [4.69, 9.17) is 15.2 Å². The first-order chi connectivity index (χ1) is 9.16. The number of hydrogen-bond acceptors (Lipinski definition) is 5. The topological polar surface area (TPSA) is 87.6 Å². The Morgan fingerprint density at radius 3 is 2.79 bits per heavy atom. The van der Waals surface area contributed by atoms with Gasteiger partial charge < -0.3 is 15.2 Å². The van der Waals surface area contributed by atoms with Crippen molar-refractivity contribution in [3.63, 3.8) is 0 Å². The van der Waals surface area contributed by atoms with Gasteiger partial charge in [-0.25, -0.2) is 0 Å². The molecule has 0 aliphatic carbocycles. The second kappa shape index (κ2) is 6.49. The van der Waals surface area contributed by atoms with Crippen LogP contribution in [0.15, 0.2) is 18.2 Å². The van der Waals surface area contributed by atoms with Gasteiger partial charge in [0.1, 0.15) is 5.69 Å². The fourth-order valence-corrected chi connectivity index (χ4v) is 2.12. The average Bonchev–Trinajstić information content (AvgIpc) is 2.39. The molecular weight excluding hydrogens is 248 g/mol. The van der Waals surface area contributed by atoms with Crippen LogP contribution in [0.25, 0.3) is 0 Å². The monoisotopic (exact) mass is 266 g/mol. The highest BCUT2D eigenvalue weighted by Gasteiger charge is 2.14. The van der Waals surface area contributed by atoms with Crippen LogP contribution in [0.2, 0.25) is 0 Å². The van der Waals surface area contributed by atoms with Crippen LogP contribution in [-0.2, 0) is 16.1 Å². The van der Waals surface area contributed by atoms with Crippen LogP contribution in [0.3, 0.4) is 0 Å². The average molecular weight is 266 g/mol. The summed E-state index contributed by atoms with van der Waals surface area (Å²) in [6, 6.07) is 4.70. The third-order valence-electron chi connectivity index (χ3n) is 3.25. The highest BCUT2D eigenvalue weighted by atomic mass is 16.6. The number of benzene rings is 1. The molecule has 1 heterocycles. The summed E-state index contributed by atoms with van der Waals surface area (Å²) in [4.78, 5) is 10.2. The lowest BCUT2D eigenvalue weighted by Crippen LogP contribution is -2.20. The summed E-state index contributed by atoms with van der Waals surface area (Å²) >= 11 is 0. The maximum atomic E-state index is 10.6.